The van der Waals surface area contributed by atoms with Gasteiger partial charge in [0.05, 0.1) is 10.6 Å². The van der Waals surface area contributed by atoms with Gasteiger partial charge in [-0.1, -0.05) is 0 Å². The highest BCUT2D eigenvalue weighted by molar-refractivity contribution is 8.18. The van der Waals surface area contributed by atoms with Crippen LogP contribution in [0.3, 0.4) is 0 Å². The Morgan fingerprint density at radius 3 is 2.71 bits per heavy atom. The number of anilines is 1. The van der Waals surface area contributed by atoms with Crippen molar-refractivity contribution in [2.45, 2.75) is 31.7 Å². The summed E-state index contributed by atoms with van der Waals surface area (Å²) in [4.78, 5) is 34.3. The van der Waals surface area contributed by atoms with Gasteiger partial charge in [-0.25, -0.2) is 9.97 Å². The van der Waals surface area contributed by atoms with Crippen molar-refractivity contribution in [1.29, 1.82) is 0 Å². The number of nitrogens with one attached hydrogen (secondary N) is 1. The van der Waals surface area contributed by atoms with Crippen LogP contribution in [0.4, 0.5) is 10.7 Å². The number of thioether (sulfide) groups is 1. The lowest BCUT2D eigenvalue weighted by Crippen LogP contribution is -2.52. The molecular weight excluding hydrogens is 326 g/mol. The fraction of sp³-hybridized carbons (Fsp3) is 0.500. The van der Waals surface area contributed by atoms with Gasteiger partial charge in [0.1, 0.15) is 0 Å². The highest BCUT2D eigenvalue weighted by Crippen LogP contribution is 2.48. The normalized spacial score (nSPS) is 25.2. The molecule has 126 valence electrons. The monoisotopic (exact) mass is 345 g/mol. The van der Waals surface area contributed by atoms with Crippen LogP contribution < -0.4 is 16.0 Å². The molecule has 1 saturated carbocycles. The topological polar surface area (TPSA) is 101 Å². The van der Waals surface area contributed by atoms with Gasteiger partial charge in [-0.2, -0.15) is 0 Å². The van der Waals surface area contributed by atoms with Gasteiger partial charge in [-0.05, 0) is 55.0 Å². The highest BCUT2D eigenvalue weighted by Gasteiger charge is 2.44. The summed E-state index contributed by atoms with van der Waals surface area (Å²) in [7, 11) is 0. The predicted molar refractivity (Wildman–Crippen MR) is 92.2 cm³/mol. The number of rotatable bonds is 2. The number of nitrogens with two attached hydrogens (primary N) is 1. The fourth-order valence-electron chi connectivity index (χ4n) is 3.79. The molecule has 1 spiro atoms. The standard InChI is InChI=1S/C16H19N5O2S/c17-10-8-16(9-10)2-5-21(6-3-16)14-18-4-1-11(19-14)7-12-13(22)20-15(23)24-12/h1,4,7,10H,2-3,5-6,8-9,17H2,(H,20,22,23)/b12-7-. The number of aromatic nitrogens is 2. The number of carbonyl (C=O) groups excluding carboxylic acids is 2. The van der Waals surface area contributed by atoms with Crippen LogP contribution in [0.15, 0.2) is 17.2 Å². The third kappa shape index (κ3) is 2.91. The fourth-order valence-corrected chi connectivity index (χ4v) is 4.46. The van der Waals surface area contributed by atoms with Gasteiger partial charge in [0.25, 0.3) is 11.1 Å². The van der Waals surface area contributed by atoms with E-state index in [1.807, 2.05) is 0 Å². The molecule has 1 aromatic rings. The lowest BCUT2D eigenvalue weighted by Gasteiger charge is -2.51. The molecule has 2 aliphatic heterocycles. The van der Waals surface area contributed by atoms with Crippen LogP contribution >= 0.6 is 11.8 Å². The largest absolute Gasteiger partial charge is 0.341 e. The molecule has 24 heavy (non-hydrogen) atoms. The highest BCUT2D eigenvalue weighted by atomic mass is 32.2. The van der Waals surface area contributed by atoms with Crippen LogP contribution in [0.1, 0.15) is 31.4 Å². The minimum Gasteiger partial charge on any atom is -0.341 e. The summed E-state index contributed by atoms with van der Waals surface area (Å²) in [5.74, 6) is 0.309. The van der Waals surface area contributed by atoms with E-state index in [2.05, 4.69) is 20.2 Å². The van der Waals surface area contributed by atoms with Crippen molar-refractivity contribution >= 4 is 34.9 Å². The van der Waals surface area contributed by atoms with Gasteiger partial charge < -0.3 is 10.6 Å². The Morgan fingerprint density at radius 1 is 1.33 bits per heavy atom. The SMILES string of the molecule is NC1CC2(CCN(c3nccc(/C=C4\SC(=O)NC4=O)n3)CC2)C1. The van der Waals surface area contributed by atoms with Crippen LogP contribution in [0, 0.1) is 5.41 Å². The first kappa shape index (κ1) is 15.6. The van der Waals surface area contributed by atoms with E-state index in [-0.39, 0.29) is 11.1 Å². The number of nitrogens with zero attached hydrogens (tertiary/aromatic N) is 3. The van der Waals surface area contributed by atoms with E-state index in [1.165, 1.54) is 0 Å². The van der Waals surface area contributed by atoms with E-state index < -0.39 is 0 Å². The second kappa shape index (κ2) is 5.86. The second-order valence-electron chi connectivity index (χ2n) is 6.79. The second-order valence-corrected chi connectivity index (χ2v) is 7.80. The smallest absolute Gasteiger partial charge is 0.290 e. The molecular formula is C16H19N5O2S. The first-order valence-corrected chi connectivity index (χ1v) is 8.93. The van der Waals surface area contributed by atoms with E-state index in [1.54, 1.807) is 18.3 Å². The van der Waals surface area contributed by atoms with Crippen LogP contribution in [-0.2, 0) is 4.79 Å². The average Bonchev–Trinajstić information content (AvgIpc) is 2.85. The van der Waals surface area contributed by atoms with Gasteiger partial charge >= 0.3 is 0 Å². The first-order valence-electron chi connectivity index (χ1n) is 8.11. The molecule has 2 saturated heterocycles. The van der Waals surface area contributed by atoms with E-state index in [0.717, 1.165) is 50.5 Å². The summed E-state index contributed by atoms with van der Waals surface area (Å²) < 4.78 is 0. The lowest BCUT2D eigenvalue weighted by molar-refractivity contribution is -0.115. The Hall–Kier alpha value is -1.93. The summed E-state index contributed by atoms with van der Waals surface area (Å²) in [6, 6.07) is 2.12. The van der Waals surface area contributed by atoms with Crippen molar-refractivity contribution in [1.82, 2.24) is 15.3 Å². The Morgan fingerprint density at radius 2 is 2.08 bits per heavy atom. The molecule has 0 bridgehead atoms. The molecule has 3 heterocycles. The molecule has 0 unspecified atom stereocenters. The van der Waals surface area contributed by atoms with Crippen molar-refractivity contribution in [3.8, 4) is 0 Å². The Bertz CT molecular complexity index is 719. The molecule has 1 aliphatic carbocycles. The molecule has 2 amide bonds. The third-order valence-corrected chi connectivity index (χ3v) is 5.89. The lowest BCUT2D eigenvalue weighted by atomic mass is 9.61. The van der Waals surface area contributed by atoms with E-state index in [4.69, 9.17) is 5.73 Å². The summed E-state index contributed by atoms with van der Waals surface area (Å²) >= 11 is 0.896. The summed E-state index contributed by atoms with van der Waals surface area (Å²) in [6.07, 6.45) is 7.84. The van der Waals surface area contributed by atoms with Gasteiger partial charge in [-0.3, -0.25) is 14.9 Å². The zero-order valence-electron chi connectivity index (χ0n) is 13.2. The van der Waals surface area contributed by atoms with E-state index in [0.29, 0.717) is 28.0 Å². The maximum Gasteiger partial charge on any atom is 0.290 e. The Labute approximate surface area is 144 Å². The van der Waals surface area contributed by atoms with Crippen molar-refractivity contribution in [3.63, 3.8) is 0 Å². The maximum atomic E-state index is 11.6. The van der Waals surface area contributed by atoms with Crippen LogP contribution in [0.5, 0.6) is 0 Å². The molecule has 3 fully saturated rings. The van der Waals surface area contributed by atoms with Crippen molar-refractivity contribution in [2.24, 2.45) is 11.1 Å². The van der Waals surface area contributed by atoms with Gasteiger partial charge in [0.2, 0.25) is 5.95 Å². The molecule has 1 aromatic heterocycles. The van der Waals surface area contributed by atoms with Crippen LogP contribution in [-0.4, -0.2) is 40.2 Å². The predicted octanol–water partition coefficient (Wildman–Crippen LogP) is 1.51. The van der Waals surface area contributed by atoms with Gasteiger partial charge in [0.15, 0.2) is 0 Å². The van der Waals surface area contributed by atoms with Crippen LogP contribution in [0.2, 0.25) is 0 Å². The van der Waals surface area contributed by atoms with Gasteiger partial charge in [-0.15, -0.1) is 0 Å². The summed E-state index contributed by atoms with van der Waals surface area (Å²) in [6.45, 7) is 1.86. The maximum absolute atomic E-state index is 11.6. The first-order chi connectivity index (χ1) is 11.5. The molecule has 0 aromatic carbocycles. The molecule has 4 rings (SSSR count). The quantitative estimate of drug-likeness (QED) is 0.783. The molecule has 0 atom stereocenters. The summed E-state index contributed by atoms with van der Waals surface area (Å²) in [5, 5.41) is 1.90. The van der Waals surface area contributed by atoms with Crippen molar-refractivity contribution in [2.75, 3.05) is 18.0 Å². The molecule has 3 aliphatic rings. The average molecular weight is 345 g/mol. The number of amides is 2. The Balaban J connectivity index is 1.47. The number of hydrogen-bond donors (Lipinski definition) is 2. The minimum absolute atomic E-state index is 0.347. The zero-order valence-corrected chi connectivity index (χ0v) is 14.0. The molecule has 0 radical (unpaired) electrons. The van der Waals surface area contributed by atoms with Crippen molar-refractivity contribution in [3.05, 3.63) is 22.9 Å². The number of carbonyl (C=O) groups is 2. The number of hydrogen-bond acceptors (Lipinski definition) is 7. The van der Waals surface area contributed by atoms with Crippen LogP contribution in [0.25, 0.3) is 6.08 Å². The van der Waals surface area contributed by atoms with Crippen molar-refractivity contribution < 1.29 is 9.59 Å². The summed E-state index contributed by atoms with van der Waals surface area (Å²) in [5.41, 5.74) is 7.02. The molecule has 8 heteroatoms. The van der Waals surface area contributed by atoms with E-state index in [9.17, 15) is 9.59 Å². The van der Waals surface area contributed by atoms with Gasteiger partial charge in [0, 0.05) is 25.3 Å². The minimum atomic E-state index is -0.369. The molecule has 3 N–H and O–H groups in total. The van der Waals surface area contributed by atoms with E-state index >= 15 is 0 Å². The number of piperidine rings is 1. The Kier molecular flexibility index (Phi) is 3.80. The number of imide groups is 1. The zero-order chi connectivity index (χ0) is 16.7. The molecule has 7 nitrogen and oxygen atoms in total. The third-order valence-electron chi connectivity index (χ3n) is 5.08.